The van der Waals surface area contributed by atoms with Gasteiger partial charge < -0.3 is 25.0 Å². The second-order valence-corrected chi connectivity index (χ2v) is 16.8. The summed E-state index contributed by atoms with van der Waals surface area (Å²) < 4.78 is 53.5. The first-order valence-corrected chi connectivity index (χ1v) is 18.6. The van der Waals surface area contributed by atoms with Crippen LogP contribution in [0.4, 0.5) is 10.1 Å². The number of carbonyl (C=O) groups excluding carboxylic acids is 3. The summed E-state index contributed by atoms with van der Waals surface area (Å²) in [5.74, 6) is -2.26. The third-order valence-corrected chi connectivity index (χ3v) is 11.7. The van der Waals surface area contributed by atoms with Crippen molar-refractivity contribution in [2.24, 2.45) is 11.3 Å². The zero-order valence-corrected chi connectivity index (χ0v) is 30.3. The first-order valence-electron chi connectivity index (χ1n) is 16.7. The number of hydrogen-bond acceptors (Lipinski definition) is 9. The van der Waals surface area contributed by atoms with Gasteiger partial charge in [0.2, 0.25) is 27.7 Å². The van der Waals surface area contributed by atoms with Gasteiger partial charge in [0.15, 0.2) is 0 Å². The first-order chi connectivity index (χ1) is 24.1. The summed E-state index contributed by atoms with van der Waals surface area (Å²) in [5, 5.41) is 6.99. The van der Waals surface area contributed by atoms with Gasteiger partial charge in [0.25, 0.3) is 5.91 Å². The lowest BCUT2D eigenvalue weighted by atomic mass is 9.85. The van der Waals surface area contributed by atoms with E-state index in [1.807, 2.05) is 20.8 Å². The van der Waals surface area contributed by atoms with Crippen molar-refractivity contribution in [3.05, 3.63) is 72.2 Å². The van der Waals surface area contributed by atoms with Crippen molar-refractivity contribution < 1.29 is 36.7 Å². The van der Waals surface area contributed by atoms with Crippen LogP contribution >= 0.6 is 11.6 Å². The molecular formula is C36H41ClFN5O7S. The van der Waals surface area contributed by atoms with Crippen LogP contribution < -0.4 is 24.8 Å². The van der Waals surface area contributed by atoms with E-state index in [1.54, 1.807) is 24.3 Å². The molecule has 0 spiro atoms. The Balaban J connectivity index is 1.32. The molecule has 272 valence electrons. The number of rotatable bonds is 12. The van der Waals surface area contributed by atoms with Crippen LogP contribution in [0.2, 0.25) is 5.02 Å². The van der Waals surface area contributed by atoms with Gasteiger partial charge >= 0.3 is 0 Å². The van der Waals surface area contributed by atoms with Crippen molar-refractivity contribution in [1.82, 2.24) is 19.9 Å². The lowest BCUT2D eigenvalue weighted by Gasteiger charge is -2.36. The molecule has 3 aliphatic rings. The van der Waals surface area contributed by atoms with E-state index in [0.29, 0.717) is 40.1 Å². The number of pyridine rings is 1. The van der Waals surface area contributed by atoms with Crippen molar-refractivity contribution in [2.45, 2.75) is 75.4 Å². The van der Waals surface area contributed by atoms with E-state index in [1.165, 1.54) is 42.5 Å². The minimum Gasteiger partial charge on any atom is -0.494 e. The predicted octanol–water partition coefficient (Wildman–Crippen LogP) is 4.58. The van der Waals surface area contributed by atoms with Gasteiger partial charge in [0.05, 0.1) is 25.1 Å². The molecule has 3 N–H and O–H groups in total. The van der Waals surface area contributed by atoms with Crippen molar-refractivity contribution in [3.8, 4) is 11.6 Å². The van der Waals surface area contributed by atoms with Crippen LogP contribution in [0.3, 0.4) is 0 Å². The number of sulfonamides is 1. The Morgan fingerprint density at radius 1 is 1.16 bits per heavy atom. The molecule has 2 heterocycles. The summed E-state index contributed by atoms with van der Waals surface area (Å²) >= 11 is 6.33. The topological polar surface area (TPSA) is 156 Å². The monoisotopic (exact) mass is 741 g/mol. The fraction of sp³-hybridized carbons (Fsp3) is 0.444. The van der Waals surface area contributed by atoms with Crippen LogP contribution in [0.1, 0.15) is 46.5 Å². The Morgan fingerprint density at radius 3 is 2.53 bits per heavy atom. The third kappa shape index (κ3) is 7.48. The van der Waals surface area contributed by atoms with Crippen LogP contribution in [-0.4, -0.2) is 78.7 Å². The number of carbonyl (C=O) groups is 3. The molecule has 2 aromatic carbocycles. The molecule has 12 nitrogen and oxygen atoms in total. The van der Waals surface area contributed by atoms with Gasteiger partial charge in [-0.15, -0.1) is 6.58 Å². The molecule has 0 unspecified atom stereocenters. The Hall–Kier alpha value is -4.43. The first kappa shape index (κ1) is 36.4. The highest BCUT2D eigenvalue weighted by atomic mass is 35.5. The molecule has 3 fully saturated rings. The summed E-state index contributed by atoms with van der Waals surface area (Å²) in [7, 11) is -2.38. The summed E-state index contributed by atoms with van der Waals surface area (Å²) in [6.07, 6.45) is 3.33. The Morgan fingerprint density at radius 2 is 1.90 bits per heavy atom. The second-order valence-electron chi connectivity index (χ2n) is 14.4. The molecule has 2 aliphatic carbocycles. The Kier molecular flexibility index (Phi) is 9.70. The van der Waals surface area contributed by atoms with Gasteiger partial charge in [-0.25, -0.2) is 17.8 Å². The van der Waals surface area contributed by atoms with Gasteiger partial charge in [-0.1, -0.05) is 44.5 Å². The van der Waals surface area contributed by atoms with E-state index in [0.717, 1.165) is 0 Å². The number of benzene rings is 2. The summed E-state index contributed by atoms with van der Waals surface area (Å²) in [6, 6.07) is 8.85. The van der Waals surface area contributed by atoms with Crippen LogP contribution in [0.15, 0.2) is 61.3 Å². The minimum atomic E-state index is -3.90. The molecule has 0 bridgehead atoms. The van der Waals surface area contributed by atoms with Gasteiger partial charge in [-0.05, 0) is 61.1 Å². The number of nitrogens with zero attached hydrogens (tertiary/aromatic N) is 2. The molecule has 15 heteroatoms. The second kappa shape index (κ2) is 13.6. The van der Waals surface area contributed by atoms with E-state index in [-0.39, 0.29) is 25.3 Å². The number of fused-ring (bicyclic) bond motifs is 1. The summed E-state index contributed by atoms with van der Waals surface area (Å²) in [6.45, 7) is 9.26. The number of halogens is 2. The molecular weight excluding hydrogens is 701 g/mol. The van der Waals surface area contributed by atoms with Crippen molar-refractivity contribution in [3.63, 3.8) is 0 Å². The average Bonchev–Trinajstić information content (AvgIpc) is 4.00. The molecule has 2 saturated carbocycles. The molecule has 3 amide bonds. The molecule has 1 saturated heterocycles. The molecule has 5 atom stereocenters. The summed E-state index contributed by atoms with van der Waals surface area (Å²) in [4.78, 5) is 48.1. The molecule has 51 heavy (non-hydrogen) atoms. The zero-order valence-electron chi connectivity index (χ0n) is 28.7. The number of ether oxygens (including phenoxy) is 2. The van der Waals surface area contributed by atoms with Crippen LogP contribution in [-0.2, 0) is 24.4 Å². The van der Waals surface area contributed by atoms with Crippen molar-refractivity contribution in [2.75, 3.05) is 19.0 Å². The van der Waals surface area contributed by atoms with E-state index in [4.69, 9.17) is 21.1 Å². The van der Waals surface area contributed by atoms with Crippen molar-refractivity contribution >= 4 is 55.8 Å². The highest BCUT2D eigenvalue weighted by molar-refractivity contribution is 7.91. The number of aromatic nitrogens is 1. The number of methoxy groups -OCH3 is 1. The lowest BCUT2D eigenvalue weighted by molar-refractivity contribution is -0.141. The van der Waals surface area contributed by atoms with Gasteiger partial charge in [0.1, 0.15) is 35.3 Å². The Bertz CT molecular complexity index is 2000. The highest BCUT2D eigenvalue weighted by Crippen LogP contribution is 2.46. The van der Waals surface area contributed by atoms with Crippen LogP contribution in [0, 0.1) is 17.2 Å². The predicted molar refractivity (Wildman–Crippen MR) is 190 cm³/mol. The fourth-order valence-corrected chi connectivity index (χ4v) is 8.07. The SMILES string of the molecule is C=C[C@@H]1C[C@]1(NC(=O)[C@@H]1C[C@@H](Oc2ncc(OC)c3ccc(Cl)cc23)CN1C(=O)[C@H](Nc1cccc(F)c1)C(C)(C)C)C(=O)NS(=O)(=O)C1CC1. The number of anilines is 1. The van der Waals surface area contributed by atoms with Crippen molar-refractivity contribution in [1.29, 1.82) is 0 Å². The minimum absolute atomic E-state index is 0.0149. The molecule has 0 radical (unpaired) electrons. The molecule has 1 aromatic heterocycles. The molecule has 3 aromatic rings. The summed E-state index contributed by atoms with van der Waals surface area (Å²) in [5.41, 5.74) is -1.89. The maximum absolute atomic E-state index is 14.5. The maximum atomic E-state index is 14.5. The Labute approximate surface area is 301 Å². The number of likely N-dealkylation sites (tertiary alicyclic amines) is 1. The smallest absolute Gasteiger partial charge is 0.259 e. The zero-order chi connectivity index (χ0) is 36.9. The van der Waals surface area contributed by atoms with E-state index >= 15 is 0 Å². The quantitative estimate of drug-likeness (QED) is 0.226. The fourth-order valence-electron chi connectivity index (χ4n) is 6.53. The van der Waals surface area contributed by atoms with E-state index in [9.17, 15) is 27.2 Å². The standard InChI is InChI=1S/C36H41ClFN5O7S/c1-6-20-17-36(20,34(46)42-51(47,48)25-11-12-25)41-31(44)28-16-24(50-32-27-14-21(37)10-13-26(27)29(49-5)18-39-32)19-43(28)33(45)30(35(2,3)4)40-23-9-7-8-22(38)15-23/h6-10,13-15,18,20,24-25,28,30,40H,1,11-12,16-17,19H2,2-5H3,(H,41,44)(H,42,46)/t20-,24-,28+,30+,36-/m1/s1. The highest BCUT2D eigenvalue weighted by Gasteiger charge is 2.62. The van der Waals surface area contributed by atoms with Crippen LogP contribution in [0.5, 0.6) is 11.6 Å². The average molecular weight is 742 g/mol. The van der Waals surface area contributed by atoms with Crippen LogP contribution in [0.25, 0.3) is 10.8 Å². The molecule has 6 rings (SSSR count). The lowest BCUT2D eigenvalue weighted by Crippen LogP contribution is -2.58. The normalized spacial score (nSPS) is 23.6. The number of amides is 3. The van der Waals surface area contributed by atoms with Gasteiger partial charge in [-0.2, -0.15) is 0 Å². The van der Waals surface area contributed by atoms with Gasteiger partial charge in [-0.3, -0.25) is 19.1 Å². The third-order valence-electron chi connectivity index (χ3n) is 9.62. The number of hydrogen-bond donors (Lipinski definition) is 3. The largest absolute Gasteiger partial charge is 0.494 e. The number of nitrogens with one attached hydrogen (secondary N) is 3. The van der Waals surface area contributed by atoms with Gasteiger partial charge in [0, 0.05) is 33.8 Å². The maximum Gasteiger partial charge on any atom is 0.259 e. The van der Waals surface area contributed by atoms with E-state index in [2.05, 4.69) is 26.9 Å². The van der Waals surface area contributed by atoms with E-state index < -0.39 is 73.9 Å². The molecule has 1 aliphatic heterocycles.